The minimum absolute atomic E-state index is 0.0411. The van der Waals surface area contributed by atoms with Gasteiger partial charge in [0.1, 0.15) is 11.6 Å². The SMILES string of the molecule is O=S(=O)(c1cccc(F)c1)N1C[C@@H](CF)[C@H](c2nc(C3CC3)n[nH]2)C1. The van der Waals surface area contributed by atoms with Crippen molar-refractivity contribution in [2.75, 3.05) is 19.8 Å². The second-order valence-electron chi connectivity index (χ2n) is 6.65. The highest BCUT2D eigenvalue weighted by Gasteiger charge is 2.42. The molecule has 1 aliphatic heterocycles. The molecule has 2 atom stereocenters. The average molecular weight is 368 g/mol. The molecule has 1 N–H and O–H groups in total. The van der Waals surface area contributed by atoms with Gasteiger partial charge in [-0.05, 0) is 31.0 Å². The number of aromatic nitrogens is 3. The number of hydrogen-bond acceptors (Lipinski definition) is 4. The highest BCUT2D eigenvalue weighted by atomic mass is 32.2. The maximum absolute atomic E-state index is 13.5. The van der Waals surface area contributed by atoms with E-state index >= 15 is 0 Å². The van der Waals surface area contributed by atoms with Crippen LogP contribution in [0.1, 0.15) is 36.3 Å². The maximum atomic E-state index is 13.5. The summed E-state index contributed by atoms with van der Waals surface area (Å²) in [5, 5.41) is 7.02. The molecule has 0 radical (unpaired) electrons. The van der Waals surface area contributed by atoms with Crippen molar-refractivity contribution in [2.45, 2.75) is 29.6 Å². The van der Waals surface area contributed by atoms with Gasteiger partial charge in [0.05, 0.1) is 11.6 Å². The van der Waals surface area contributed by atoms with E-state index in [0.29, 0.717) is 11.7 Å². The van der Waals surface area contributed by atoms with E-state index in [1.807, 2.05) is 0 Å². The number of sulfonamides is 1. The molecule has 1 saturated heterocycles. The first kappa shape index (κ1) is 16.6. The molecule has 1 aliphatic carbocycles. The minimum atomic E-state index is -3.88. The van der Waals surface area contributed by atoms with Crippen molar-refractivity contribution in [1.82, 2.24) is 19.5 Å². The Morgan fingerprint density at radius 1 is 1.28 bits per heavy atom. The van der Waals surface area contributed by atoms with Crippen molar-refractivity contribution in [3.8, 4) is 0 Å². The third kappa shape index (κ3) is 3.06. The van der Waals surface area contributed by atoms with Gasteiger partial charge in [-0.15, -0.1) is 0 Å². The summed E-state index contributed by atoms with van der Waals surface area (Å²) in [6.45, 7) is -0.508. The average Bonchev–Trinajstić information content (AvgIpc) is 3.17. The van der Waals surface area contributed by atoms with Crippen molar-refractivity contribution in [3.05, 3.63) is 41.7 Å². The smallest absolute Gasteiger partial charge is 0.243 e. The molecule has 4 rings (SSSR count). The molecule has 2 aliphatic rings. The summed E-state index contributed by atoms with van der Waals surface area (Å²) in [6, 6.07) is 4.85. The number of halogens is 2. The van der Waals surface area contributed by atoms with Gasteiger partial charge in [-0.2, -0.15) is 9.40 Å². The van der Waals surface area contributed by atoms with Gasteiger partial charge in [-0.25, -0.2) is 17.8 Å². The van der Waals surface area contributed by atoms with Crippen LogP contribution in [0.4, 0.5) is 8.78 Å². The zero-order valence-electron chi connectivity index (χ0n) is 13.4. The molecule has 2 fully saturated rings. The second-order valence-corrected chi connectivity index (χ2v) is 8.59. The molecule has 25 heavy (non-hydrogen) atoms. The largest absolute Gasteiger partial charge is 0.263 e. The zero-order chi connectivity index (χ0) is 17.6. The van der Waals surface area contributed by atoms with Gasteiger partial charge in [-0.1, -0.05) is 6.07 Å². The van der Waals surface area contributed by atoms with Crippen LogP contribution in [0, 0.1) is 11.7 Å². The number of nitrogens with zero attached hydrogens (tertiary/aromatic N) is 3. The molecule has 0 unspecified atom stereocenters. The highest BCUT2D eigenvalue weighted by Crippen LogP contribution is 2.40. The lowest BCUT2D eigenvalue weighted by Gasteiger charge is -2.16. The Bertz CT molecular complexity index is 882. The molecule has 134 valence electrons. The molecule has 1 aromatic heterocycles. The molecule has 2 aromatic rings. The predicted molar refractivity (Wildman–Crippen MR) is 85.7 cm³/mol. The van der Waals surface area contributed by atoms with Crippen molar-refractivity contribution in [2.24, 2.45) is 5.92 Å². The number of alkyl halides is 1. The predicted octanol–water partition coefficient (Wildman–Crippen LogP) is 2.20. The van der Waals surface area contributed by atoms with Crippen LogP contribution in [-0.4, -0.2) is 47.7 Å². The van der Waals surface area contributed by atoms with Crippen LogP contribution >= 0.6 is 0 Å². The van der Waals surface area contributed by atoms with Crippen molar-refractivity contribution in [1.29, 1.82) is 0 Å². The molecule has 2 heterocycles. The Morgan fingerprint density at radius 2 is 2.08 bits per heavy atom. The van der Waals surface area contributed by atoms with Gasteiger partial charge < -0.3 is 0 Å². The van der Waals surface area contributed by atoms with Crippen LogP contribution in [0.3, 0.4) is 0 Å². The van der Waals surface area contributed by atoms with Gasteiger partial charge in [-0.3, -0.25) is 9.49 Å². The van der Waals surface area contributed by atoms with Crippen LogP contribution in [0.5, 0.6) is 0 Å². The lowest BCUT2D eigenvalue weighted by molar-refractivity contribution is 0.346. The van der Waals surface area contributed by atoms with Crippen LogP contribution in [0.15, 0.2) is 29.2 Å². The second kappa shape index (κ2) is 6.14. The first-order valence-electron chi connectivity index (χ1n) is 8.23. The van der Waals surface area contributed by atoms with Crippen LogP contribution in [-0.2, 0) is 10.0 Å². The Morgan fingerprint density at radius 3 is 2.76 bits per heavy atom. The number of hydrogen-bond donors (Lipinski definition) is 1. The quantitative estimate of drug-likeness (QED) is 0.877. The van der Waals surface area contributed by atoms with Crippen LogP contribution in [0.25, 0.3) is 0 Å². The molecular weight excluding hydrogens is 350 g/mol. The first-order valence-corrected chi connectivity index (χ1v) is 9.67. The Balaban J connectivity index is 1.59. The van der Waals surface area contributed by atoms with E-state index in [4.69, 9.17) is 0 Å². The first-order chi connectivity index (χ1) is 12.0. The summed E-state index contributed by atoms with van der Waals surface area (Å²) in [5.41, 5.74) is 0. The third-order valence-electron chi connectivity index (χ3n) is 4.85. The van der Waals surface area contributed by atoms with E-state index in [0.717, 1.165) is 24.7 Å². The Labute approximate surface area is 144 Å². The van der Waals surface area contributed by atoms with Crippen molar-refractivity contribution >= 4 is 10.0 Å². The highest BCUT2D eigenvalue weighted by molar-refractivity contribution is 7.89. The summed E-state index contributed by atoms with van der Waals surface area (Å²) in [6.07, 6.45) is 2.10. The number of rotatable bonds is 5. The molecule has 0 amide bonds. The third-order valence-corrected chi connectivity index (χ3v) is 6.68. The van der Waals surface area contributed by atoms with E-state index in [-0.39, 0.29) is 23.9 Å². The van der Waals surface area contributed by atoms with Gasteiger partial charge in [0.2, 0.25) is 10.0 Å². The number of H-pyrrole nitrogens is 1. The number of nitrogens with one attached hydrogen (secondary N) is 1. The Kier molecular flexibility index (Phi) is 4.07. The number of benzene rings is 1. The van der Waals surface area contributed by atoms with Crippen molar-refractivity contribution < 1.29 is 17.2 Å². The maximum Gasteiger partial charge on any atom is 0.243 e. The van der Waals surface area contributed by atoms with E-state index in [1.165, 1.54) is 22.5 Å². The fourth-order valence-corrected chi connectivity index (χ4v) is 4.80. The summed E-state index contributed by atoms with van der Waals surface area (Å²) >= 11 is 0. The number of aromatic amines is 1. The van der Waals surface area contributed by atoms with E-state index in [2.05, 4.69) is 15.2 Å². The fraction of sp³-hybridized carbons (Fsp3) is 0.500. The zero-order valence-corrected chi connectivity index (χ0v) is 14.2. The summed E-state index contributed by atoms with van der Waals surface area (Å²) in [4.78, 5) is 4.32. The van der Waals surface area contributed by atoms with Crippen LogP contribution in [0.2, 0.25) is 0 Å². The van der Waals surface area contributed by atoms with Gasteiger partial charge in [0.15, 0.2) is 5.82 Å². The lowest BCUT2D eigenvalue weighted by Crippen LogP contribution is -2.29. The summed E-state index contributed by atoms with van der Waals surface area (Å²) in [5.74, 6) is 0.114. The standard InChI is InChI=1S/C16H18F2N4O2S/c17-7-11-8-22(25(23,24)13-3-1-2-12(18)6-13)9-14(11)16-19-15(20-21-16)10-4-5-10/h1-3,6,10-11,14H,4-5,7-9H2,(H,19,20,21)/t11-,14-/m1/s1. The molecule has 6 nitrogen and oxygen atoms in total. The normalized spacial score (nSPS) is 24.7. The molecule has 9 heteroatoms. The van der Waals surface area contributed by atoms with Gasteiger partial charge in [0, 0.05) is 30.8 Å². The molecule has 0 bridgehead atoms. The van der Waals surface area contributed by atoms with E-state index in [1.54, 1.807) is 0 Å². The molecule has 1 aromatic carbocycles. The van der Waals surface area contributed by atoms with Gasteiger partial charge >= 0.3 is 0 Å². The molecule has 0 spiro atoms. The van der Waals surface area contributed by atoms with Crippen molar-refractivity contribution in [3.63, 3.8) is 0 Å². The minimum Gasteiger partial charge on any atom is -0.263 e. The van der Waals surface area contributed by atoms with E-state index < -0.39 is 28.4 Å². The van der Waals surface area contributed by atoms with Crippen LogP contribution < -0.4 is 0 Å². The summed E-state index contributed by atoms with van der Waals surface area (Å²) < 4.78 is 53.6. The lowest BCUT2D eigenvalue weighted by atomic mass is 9.97. The van der Waals surface area contributed by atoms with E-state index in [9.17, 15) is 17.2 Å². The Hall–Kier alpha value is -1.87. The summed E-state index contributed by atoms with van der Waals surface area (Å²) in [7, 11) is -3.88. The van der Waals surface area contributed by atoms with Gasteiger partial charge in [0.25, 0.3) is 0 Å². The molecule has 1 saturated carbocycles. The fourth-order valence-electron chi connectivity index (χ4n) is 3.25. The molecular formula is C16H18F2N4O2S. The monoisotopic (exact) mass is 368 g/mol. The topological polar surface area (TPSA) is 79.0 Å².